The van der Waals surface area contributed by atoms with Gasteiger partial charge in [-0.3, -0.25) is 4.79 Å². The Morgan fingerprint density at radius 1 is 1.25 bits per heavy atom. The van der Waals surface area contributed by atoms with Crippen molar-refractivity contribution in [1.82, 2.24) is 4.90 Å². The van der Waals surface area contributed by atoms with E-state index in [0.717, 1.165) is 13.1 Å². The fraction of sp³-hybridized carbons (Fsp3) is 0.923. The molecular formula is C13H28N2O. The smallest absolute Gasteiger partial charge is 0.223 e. The van der Waals surface area contributed by atoms with E-state index in [4.69, 9.17) is 5.73 Å². The van der Waals surface area contributed by atoms with E-state index in [1.54, 1.807) is 0 Å². The van der Waals surface area contributed by atoms with Crippen LogP contribution in [0.2, 0.25) is 0 Å². The minimum Gasteiger partial charge on any atom is -0.343 e. The van der Waals surface area contributed by atoms with E-state index in [2.05, 4.69) is 20.8 Å². The Kier molecular flexibility index (Phi) is 6.65. The number of likely N-dealkylation sites (tertiary alicyclic amines) is 1. The van der Waals surface area contributed by atoms with Crippen molar-refractivity contribution in [2.45, 2.75) is 59.9 Å². The van der Waals surface area contributed by atoms with Crippen LogP contribution in [-0.2, 0) is 4.79 Å². The number of nitrogens with two attached hydrogens (primary N) is 1. The molecule has 1 fully saturated rings. The molecule has 3 heteroatoms. The molecule has 1 heterocycles. The lowest BCUT2D eigenvalue weighted by molar-refractivity contribution is -0.131. The monoisotopic (exact) mass is 228 g/mol. The number of nitrogens with zero attached hydrogens (tertiary/aromatic N) is 1. The van der Waals surface area contributed by atoms with E-state index in [9.17, 15) is 4.79 Å². The zero-order valence-corrected chi connectivity index (χ0v) is 11.5. The molecule has 16 heavy (non-hydrogen) atoms. The fourth-order valence-electron chi connectivity index (χ4n) is 1.53. The van der Waals surface area contributed by atoms with Gasteiger partial charge in [-0.15, -0.1) is 0 Å². The van der Waals surface area contributed by atoms with Gasteiger partial charge in [0.1, 0.15) is 0 Å². The zero-order valence-electron chi connectivity index (χ0n) is 11.5. The van der Waals surface area contributed by atoms with Crippen LogP contribution in [-0.4, -0.2) is 29.9 Å². The van der Waals surface area contributed by atoms with Gasteiger partial charge >= 0.3 is 0 Å². The molecule has 1 aliphatic rings. The molecule has 2 N–H and O–H groups in total. The molecule has 1 amide bonds. The quantitative estimate of drug-likeness (QED) is 0.749. The van der Waals surface area contributed by atoms with Crippen LogP contribution >= 0.6 is 0 Å². The van der Waals surface area contributed by atoms with Crippen LogP contribution in [0.25, 0.3) is 0 Å². The van der Waals surface area contributed by atoms with Gasteiger partial charge in [0.15, 0.2) is 0 Å². The topological polar surface area (TPSA) is 46.3 Å². The Hall–Kier alpha value is -0.570. The molecular weight excluding hydrogens is 200 g/mol. The molecule has 0 saturated carbocycles. The van der Waals surface area contributed by atoms with Crippen molar-refractivity contribution in [2.24, 2.45) is 11.1 Å². The van der Waals surface area contributed by atoms with Gasteiger partial charge in [0, 0.05) is 19.5 Å². The highest BCUT2D eigenvalue weighted by Crippen LogP contribution is 2.21. The highest BCUT2D eigenvalue weighted by Gasteiger charge is 2.22. The first-order chi connectivity index (χ1) is 7.22. The van der Waals surface area contributed by atoms with E-state index in [1.807, 2.05) is 18.7 Å². The van der Waals surface area contributed by atoms with Crippen LogP contribution in [0.3, 0.4) is 0 Å². The molecule has 1 saturated heterocycles. The summed E-state index contributed by atoms with van der Waals surface area (Å²) in [5, 5.41) is 0. The van der Waals surface area contributed by atoms with Crippen LogP contribution in [0.5, 0.6) is 0 Å². The van der Waals surface area contributed by atoms with Crippen LogP contribution in [0.1, 0.15) is 53.9 Å². The third kappa shape index (κ3) is 8.72. The SMILES string of the molecule is CC(C)(C)CC(=O)N1CCCC1.CC(C)N. The summed E-state index contributed by atoms with van der Waals surface area (Å²) in [7, 11) is 0. The van der Waals surface area contributed by atoms with Crippen molar-refractivity contribution in [2.75, 3.05) is 13.1 Å². The van der Waals surface area contributed by atoms with Gasteiger partial charge in [0.2, 0.25) is 5.91 Å². The number of hydrogen-bond acceptors (Lipinski definition) is 2. The average Bonchev–Trinajstić information content (AvgIpc) is 2.49. The lowest BCUT2D eigenvalue weighted by Crippen LogP contribution is -2.30. The van der Waals surface area contributed by atoms with E-state index < -0.39 is 0 Å². The third-order valence-corrected chi connectivity index (χ3v) is 2.14. The van der Waals surface area contributed by atoms with Crippen LogP contribution in [0.15, 0.2) is 0 Å². The molecule has 0 aromatic carbocycles. The molecule has 3 nitrogen and oxygen atoms in total. The minimum atomic E-state index is 0.139. The molecule has 0 unspecified atom stereocenters. The third-order valence-electron chi connectivity index (χ3n) is 2.14. The second-order valence-electron chi connectivity index (χ2n) is 6.07. The molecule has 1 rings (SSSR count). The number of hydrogen-bond donors (Lipinski definition) is 1. The maximum Gasteiger partial charge on any atom is 0.223 e. The first-order valence-corrected chi connectivity index (χ1v) is 6.26. The number of rotatable bonds is 1. The first-order valence-electron chi connectivity index (χ1n) is 6.26. The van der Waals surface area contributed by atoms with Crippen molar-refractivity contribution in [1.29, 1.82) is 0 Å². The molecule has 0 atom stereocenters. The Morgan fingerprint density at radius 2 is 1.62 bits per heavy atom. The summed E-state index contributed by atoms with van der Waals surface area (Å²) >= 11 is 0. The summed E-state index contributed by atoms with van der Waals surface area (Å²) in [5.74, 6) is 0.333. The van der Waals surface area contributed by atoms with Crippen molar-refractivity contribution < 1.29 is 4.79 Å². The Balaban J connectivity index is 0.000000487. The predicted octanol–water partition coefficient (Wildman–Crippen LogP) is 2.40. The maximum absolute atomic E-state index is 11.6. The summed E-state index contributed by atoms with van der Waals surface area (Å²) in [6.07, 6.45) is 3.07. The van der Waals surface area contributed by atoms with Gasteiger partial charge in [0.25, 0.3) is 0 Å². The number of carbonyl (C=O) groups excluding carboxylic acids is 1. The molecule has 0 bridgehead atoms. The van der Waals surface area contributed by atoms with Crippen molar-refractivity contribution in [3.05, 3.63) is 0 Å². The van der Waals surface area contributed by atoms with Crippen molar-refractivity contribution in [3.8, 4) is 0 Å². The summed E-state index contributed by atoms with van der Waals surface area (Å²) in [6.45, 7) is 12.2. The molecule has 0 aromatic heterocycles. The van der Waals surface area contributed by atoms with Gasteiger partial charge in [0.05, 0.1) is 0 Å². The fourth-order valence-corrected chi connectivity index (χ4v) is 1.53. The predicted molar refractivity (Wildman–Crippen MR) is 69.2 cm³/mol. The Labute approximate surface area is 100 Å². The summed E-state index contributed by atoms with van der Waals surface area (Å²) < 4.78 is 0. The second kappa shape index (κ2) is 6.89. The van der Waals surface area contributed by atoms with Crippen LogP contribution < -0.4 is 5.73 Å². The number of carbonyl (C=O) groups is 1. The molecule has 0 aliphatic carbocycles. The van der Waals surface area contributed by atoms with Gasteiger partial charge < -0.3 is 10.6 Å². The van der Waals surface area contributed by atoms with Crippen molar-refractivity contribution >= 4 is 5.91 Å². The maximum atomic E-state index is 11.6. The molecule has 0 radical (unpaired) electrons. The first kappa shape index (κ1) is 15.4. The van der Waals surface area contributed by atoms with E-state index >= 15 is 0 Å². The summed E-state index contributed by atoms with van der Waals surface area (Å²) in [4.78, 5) is 13.6. The lowest BCUT2D eigenvalue weighted by Gasteiger charge is -2.22. The summed E-state index contributed by atoms with van der Waals surface area (Å²) in [6, 6.07) is 0.333. The van der Waals surface area contributed by atoms with Crippen molar-refractivity contribution in [3.63, 3.8) is 0 Å². The average molecular weight is 228 g/mol. The number of amides is 1. The zero-order chi connectivity index (χ0) is 12.8. The highest BCUT2D eigenvalue weighted by atomic mass is 16.2. The van der Waals surface area contributed by atoms with Crippen LogP contribution in [0.4, 0.5) is 0 Å². The molecule has 96 valence electrons. The van der Waals surface area contributed by atoms with E-state index in [-0.39, 0.29) is 5.41 Å². The highest BCUT2D eigenvalue weighted by molar-refractivity contribution is 5.77. The van der Waals surface area contributed by atoms with Gasteiger partial charge in [-0.1, -0.05) is 34.6 Å². The van der Waals surface area contributed by atoms with Crippen LogP contribution in [0, 0.1) is 5.41 Å². The molecule has 0 spiro atoms. The minimum absolute atomic E-state index is 0.139. The lowest BCUT2D eigenvalue weighted by atomic mass is 9.92. The van der Waals surface area contributed by atoms with Gasteiger partial charge in [-0.2, -0.15) is 0 Å². The molecule has 0 aromatic rings. The Bertz CT molecular complexity index is 198. The molecule has 1 aliphatic heterocycles. The van der Waals surface area contributed by atoms with E-state index in [0.29, 0.717) is 18.4 Å². The summed E-state index contributed by atoms with van der Waals surface area (Å²) in [5.41, 5.74) is 5.25. The van der Waals surface area contributed by atoms with Gasteiger partial charge in [-0.25, -0.2) is 0 Å². The van der Waals surface area contributed by atoms with Gasteiger partial charge in [-0.05, 0) is 24.3 Å². The normalized spacial score (nSPS) is 16.1. The largest absolute Gasteiger partial charge is 0.343 e. The second-order valence-corrected chi connectivity index (χ2v) is 6.07. The van der Waals surface area contributed by atoms with E-state index in [1.165, 1.54) is 12.8 Å². The Morgan fingerprint density at radius 3 is 1.94 bits per heavy atom. The standard InChI is InChI=1S/C10H19NO.C3H9N/c1-10(2,3)8-9(12)11-6-4-5-7-11;1-3(2)4/h4-8H2,1-3H3;3H,4H2,1-2H3.